The maximum atomic E-state index is 13.0. The van der Waals surface area contributed by atoms with Crippen LogP contribution in [0.4, 0.5) is 5.69 Å². The van der Waals surface area contributed by atoms with E-state index in [1.165, 1.54) is 36.4 Å². The van der Waals surface area contributed by atoms with Crippen molar-refractivity contribution in [2.24, 2.45) is 5.92 Å². The van der Waals surface area contributed by atoms with Gasteiger partial charge in [0.05, 0.1) is 29.6 Å². The predicted octanol–water partition coefficient (Wildman–Crippen LogP) is 3.59. The highest BCUT2D eigenvalue weighted by atomic mass is 35.5. The number of hydrogen-bond acceptors (Lipinski definition) is 7. The van der Waals surface area contributed by atoms with Gasteiger partial charge in [0.15, 0.2) is 6.29 Å². The van der Waals surface area contributed by atoms with Crippen LogP contribution in [0.5, 0.6) is 0 Å². The van der Waals surface area contributed by atoms with Crippen molar-refractivity contribution in [1.29, 1.82) is 0 Å². The number of sulfonamides is 1. The summed E-state index contributed by atoms with van der Waals surface area (Å²) in [5.74, 6) is -1.74. The van der Waals surface area contributed by atoms with Gasteiger partial charge in [-0.25, -0.2) is 17.9 Å². The topological polar surface area (TPSA) is 120 Å². The Morgan fingerprint density at radius 3 is 2.46 bits per heavy atom. The highest BCUT2D eigenvalue weighted by molar-refractivity contribution is 7.89. The molecule has 2 aromatic rings. The minimum atomic E-state index is -3.87. The molecule has 1 amide bonds. The first-order valence-electron chi connectivity index (χ1n) is 11.3. The third kappa shape index (κ3) is 8.29. The zero-order chi connectivity index (χ0) is 25.3. The Bertz CT molecular complexity index is 1090. The van der Waals surface area contributed by atoms with Crippen molar-refractivity contribution in [3.63, 3.8) is 0 Å². The zero-order valence-corrected chi connectivity index (χ0v) is 20.9. The molecule has 3 rings (SSSR count). The summed E-state index contributed by atoms with van der Waals surface area (Å²) in [5, 5.41) is 3.16. The van der Waals surface area contributed by atoms with Crippen molar-refractivity contribution in [1.82, 2.24) is 4.72 Å². The molecule has 0 bridgehead atoms. The average molecular weight is 525 g/mol. The normalized spacial score (nSPS) is 16.9. The molecule has 2 unspecified atom stereocenters. The number of benzene rings is 2. The summed E-state index contributed by atoms with van der Waals surface area (Å²) in [6, 6.07) is 12.0. The fourth-order valence-electron chi connectivity index (χ4n) is 3.35. The molecule has 2 N–H and O–H groups in total. The average Bonchev–Trinajstić information content (AvgIpc) is 2.85. The summed E-state index contributed by atoms with van der Waals surface area (Å²) in [4.78, 5) is 24.9. The van der Waals surface area contributed by atoms with Gasteiger partial charge in [0, 0.05) is 23.9 Å². The van der Waals surface area contributed by atoms with Crippen LogP contribution in [0.15, 0.2) is 53.4 Å². The number of ether oxygens (including phenoxy) is 3. The van der Waals surface area contributed by atoms with E-state index in [4.69, 9.17) is 25.8 Å². The van der Waals surface area contributed by atoms with Gasteiger partial charge in [0.2, 0.25) is 15.9 Å². The van der Waals surface area contributed by atoms with Crippen LogP contribution < -0.4 is 10.0 Å². The molecular weight excluding hydrogens is 496 g/mol. The van der Waals surface area contributed by atoms with E-state index in [-0.39, 0.29) is 24.7 Å². The van der Waals surface area contributed by atoms with Crippen LogP contribution in [-0.2, 0) is 29.0 Å². The van der Waals surface area contributed by atoms with E-state index < -0.39 is 34.1 Å². The van der Waals surface area contributed by atoms with E-state index in [9.17, 15) is 18.0 Å². The molecule has 0 aromatic heterocycles. The zero-order valence-electron chi connectivity index (χ0n) is 19.4. The molecule has 1 heterocycles. The van der Waals surface area contributed by atoms with Gasteiger partial charge in [-0.3, -0.25) is 4.79 Å². The number of halogens is 1. The number of hydrogen-bond donors (Lipinski definition) is 2. The van der Waals surface area contributed by atoms with E-state index in [0.717, 1.165) is 12.8 Å². The highest BCUT2D eigenvalue weighted by Gasteiger charge is 2.25. The first-order chi connectivity index (χ1) is 16.8. The van der Waals surface area contributed by atoms with Gasteiger partial charge in [-0.2, -0.15) is 0 Å². The molecule has 2 aromatic carbocycles. The summed E-state index contributed by atoms with van der Waals surface area (Å²) >= 11 is 5.84. The largest absolute Gasteiger partial charge is 0.462 e. The van der Waals surface area contributed by atoms with Crippen LogP contribution >= 0.6 is 11.6 Å². The molecule has 0 spiro atoms. The number of anilines is 1. The molecule has 1 fully saturated rings. The standard InChI is InChI=1S/C24H29ClN2O7S/c1-2-32-24(29)17-6-10-20(11-7-17)27-23(28)18(16-34-22-5-3-4-14-33-22)15-26-35(30,31)21-12-8-19(25)9-13-21/h6-13,18,22,26H,2-5,14-16H2,1H3,(H,27,28). The smallest absolute Gasteiger partial charge is 0.338 e. The fourth-order valence-corrected chi connectivity index (χ4v) is 4.56. The Labute approximate surface area is 210 Å². The van der Waals surface area contributed by atoms with Gasteiger partial charge in [-0.1, -0.05) is 11.6 Å². The summed E-state index contributed by atoms with van der Waals surface area (Å²) < 4.78 is 44.1. The first kappa shape index (κ1) is 27.1. The molecule has 0 radical (unpaired) electrons. The van der Waals surface area contributed by atoms with Crippen molar-refractivity contribution in [3.05, 3.63) is 59.1 Å². The van der Waals surface area contributed by atoms with E-state index in [1.54, 1.807) is 19.1 Å². The summed E-state index contributed by atoms with van der Waals surface area (Å²) in [6.07, 6.45) is 2.18. The van der Waals surface area contributed by atoms with E-state index in [2.05, 4.69) is 10.0 Å². The number of carbonyl (C=O) groups is 2. The predicted molar refractivity (Wildman–Crippen MR) is 131 cm³/mol. The van der Waals surface area contributed by atoms with Gasteiger partial charge in [0.25, 0.3) is 0 Å². The lowest BCUT2D eigenvalue weighted by atomic mass is 10.1. The van der Waals surface area contributed by atoms with Crippen LogP contribution in [0.25, 0.3) is 0 Å². The Morgan fingerprint density at radius 2 is 1.83 bits per heavy atom. The number of esters is 1. The Morgan fingerprint density at radius 1 is 1.11 bits per heavy atom. The lowest BCUT2D eigenvalue weighted by Crippen LogP contribution is -2.39. The second-order valence-corrected chi connectivity index (χ2v) is 10.1. The molecule has 0 aliphatic carbocycles. The third-order valence-corrected chi connectivity index (χ3v) is 6.99. The van der Waals surface area contributed by atoms with Crippen molar-refractivity contribution in [2.75, 3.05) is 31.7 Å². The van der Waals surface area contributed by atoms with Crippen LogP contribution in [0.3, 0.4) is 0 Å². The molecule has 11 heteroatoms. The summed E-state index contributed by atoms with van der Waals surface area (Å²) in [5.41, 5.74) is 0.803. The SMILES string of the molecule is CCOC(=O)c1ccc(NC(=O)C(CNS(=O)(=O)c2ccc(Cl)cc2)COC2CCCCO2)cc1. The van der Waals surface area contributed by atoms with E-state index in [1.807, 2.05) is 0 Å². The van der Waals surface area contributed by atoms with Crippen LogP contribution in [0, 0.1) is 5.92 Å². The van der Waals surface area contributed by atoms with Crippen LogP contribution in [0.1, 0.15) is 36.5 Å². The molecule has 190 valence electrons. The van der Waals surface area contributed by atoms with E-state index in [0.29, 0.717) is 29.3 Å². The van der Waals surface area contributed by atoms with E-state index >= 15 is 0 Å². The lowest BCUT2D eigenvalue weighted by molar-refractivity contribution is -0.170. The van der Waals surface area contributed by atoms with Crippen LogP contribution in [0.2, 0.25) is 5.02 Å². The molecule has 9 nitrogen and oxygen atoms in total. The number of nitrogens with one attached hydrogen (secondary N) is 2. The second kappa shape index (κ2) is 13.0. The highest BCUT2D eigenvalue weighted by Crippen LogP contribution is 2.18. The Balaban J connectivity index is 1.67. The second-order valence-electron chi connectivity index (χ2n) is 7.92. The van der Waals surface area contributed by atoms with Gasteiger partial charge in [-0.15, -0.1) is 0 Å². The van der Waals surface area contributed by atoms with Crippen molar-refractivity contribution in [2.45, 2.75) is 37.4 Å². The van der Waals surface area contributed by atoms with Gasteiger partial charge in [0.1, 0.15) is 0 Å². The molecule has 2 atom stereocenters. The number of amides is 1. The number of rotatable bonds is 11. The third-order valence-electron chi connectivity index (χ3n) is 5.30. The molecule has 1 saturated heterocycles. The van der Waals surface area contributed by atoms with Gasteiger partial charge < -0.3 is 19.5 Å². The summed E-state index contributed by atoms with van der Waals surface area (Å²) in [6.45, 7) is 2.33. The Hall–Kier alpha value is -2.50. The van der Waals surface area contributed by atoms with Crippen molar-refractivity contribution < 1.29 is 32.2 Å². The molecule has 0 saturated carbocycles. The van der Waals surface area contributed by atoms with Crippen molar-refractivity contribution in [3.8, 4) is 0 Å². The fraction of sp³-hybridized carbons (Fsp3) is 0.417. The van der Waals surface area contributed by atoms with Gasteiger partial charge >= 0.3 is 5.97 Å². The maximum absolute atomic E-state index is 13.0. The molecule has 1 aliphatic heterocycles. The first-order valence-corrected chi connectivity index (χ1v) is 13.2. The molecular formula is C24H29ClN2O7S. The van der Waals surface area contributed by atoms with Crippen molar-refractivity contribution >= 4 is 39.2 Å². The quantitative estimate of drug-likeness (QED) is 0.431. The number of carbonyl (C=O) groups excluding carboxylic acids is 2. The maximum Gasteiger partial charge on any atom is 0.338 e. The molecule has 35 heavy (non-hydrogen) atoms. The summed E-state index contributed by atoms with van der Waals surface area (Å²) in [7, 11) is -3.87. The molecule has 1 aliphatic rings. The monoisotopic (exact) mass is 524 g/mol. The lowest BCUT2D eigenvalue weighted by Gasteiger charge is -2.25. The minimum absolute atomic E-state index is 0.0344. The minimum Gasteiger partial charge on any atom is -0.462 e. The Kier molecular flexibility index (Phi) is 10.1. The van der Waals surface area contributed by atoms with Gasteiger partial charge in [-0.05, 0) is 74.7 Å². The van der Waals surface area contributed by atoms with Crippen LogP contribution in [-0.4, -0.2) is 52.9 Å².